The summed E-state index contributed by atoms with van der Waals surface area (Å²) in [5.41, 5.74) is 1.51. The molecule has 1 saturated heterocycles. The largest absolute Gasteiger partial charge is 0.493 e. The number of amides is 2. The Kier molecular flexibility index (Phi) is 11.1. The molecule has 0 aliphatic carbocycles. The van der Waals surface area contributed by atoms with Crippen LogP contribution in [0.15, 0.2) is 51.9 Å². The van der Waals surface area contributed by atoms with Gasteiger partial charge < -0.3 is 33.9 Å². The molecule has 2 aliphatic rings. The number of rotatable bonds is 6. The summed E-state index contributed by atoms with van der Waals surface area (Å²) >= 11 is 0. The highest BCUT2D eigenvalue weighted by atomic mass is 32.2. The zero-order valence-electron chi connectivity index (χ0n) is 29.7. The number of carbonyl (C=O) groups excluding carboxylic acids is 2. The SMILES string of the molecule is COc1cc2nc3c(cc2c(OC)c1OC)CN(C(=O)c1cc(C)on1)CCCCN(S(=O)(=O)c1ccc(F)cc1)CC(=O)NCC1CCCN3C1. The van der Waals surface area contributed by atoms with Gasteiger partial charge in [0.2, 0.25) is 21.7 Å². The van der Waals surface area contributed by atoms with Crippen LogP contribution >= 0.6 is 0 Å². The molecule has 4 aromatic rings. The number of methoxy groups -OCH3 is 3. The monoisotopic (exact) mass is 738 g/mol. The normalized spacial score (nSPS) is 18.1. The first kappa shape index (κ1) is 36.8. The molecule has 6 rings (SSSR count). The molecule has 4 heterocycles. The van der Waals surface area contributed by atoms with Crippen molar-refractivity contribution in [2.24, 2.45) is 5.92 Å². The maximum absolute atomic E-state index is 14.0. The lowest BCUT2D eigenvalue weighted by atomic mass is 9.97. The highest BCUT2D eigenvalue weighted by molar-refractivity contribution is 7.89. The van der Waals surface area contributed by atoms with E-state index in [1.165, 1.54) is 19.2 Å². The van der Waals surface area contributed by atoms with Gasteiger partial charge in [-0.15, -0.1) is 0 Å². The Balaban J connectivity index is 1.42. The lowest BCUT2D eigenvalue weighted by Crippen LogP contribution is -2.45. The Hall–Kier alpha value is -4.96. The minimum Gasteiger partial charge on any atom is -0.493 e. The van der Waals surface area contributed by atoms with Gasteiger partial charge in [0.25, 0.3) is 5.91 Å². The fourth-order valence-corrected chi connectivity index (χ4v) is 8.26. The van der Waals surface area contributed by atoms with Gasteiger partial charge in [-0.05, 0) is 68.9 Å². The molecule has 0 radical (unpaired) electrons. The van der Waals surface area contributed by atoms with Gasteiger partial charge in [-0.3, -0.25) is 9.59 Å². The summed E-state index contributed by atoms with van der Waals surface area (Å²) in [6, 6.07) is 9.86. The summed E-state index contributed by atoms with van der Waals surface area (Å²) in [4.78, 5) is 36.2. The molecule has 2 aliphatic heterocycles. The quantitative estimate of drug-likeness (QED) is 0.303. The summed E-state index contributed by atoms with van der Waals surface area (Å²) in [7, 11) is 0.478. The van der Waals surface area contributed by atoms with Crippen LogP contribution in [0.3, 0.4) is 0 Å². The van der Waals surface area contributed by atoms with Crippen LogP contribution in [0, 0.1) is 18.7 Å². The van der Waals surface area contributed by atoms with E-state index in [4.69, 9.17) is 23.7 Å². The van der Waals surface area contributed by atoms with Crippen LogP contribution in [0.2, 0.25) is 0 Å². The number of sulfonamides is 1. The molecule has 1 unspecified atom stereocenters. The highest BCUT2D eigenvalue weighted by Gasteiger charge is 2.31. The first-order valence-electron chi connectivity index (χ1n) is 17.1. The number of aryl methyl sites for hydroxylation is 1. The number of nitrogens with zero attached hydrogens (tertiary/aromatic N) is 5. The van der Waals surface area contributed by atoms with Gasteiger partial charge in [0.05, 0.1) is 38.3 Å². The molecule has 0 saturated carbocycles. The van der Waals surface area contributed by atoms with E-state index in [0.717, 1.165) is 34.8 Å². The number of hydrogen-bond donors (Lipinski definition) is 1. The number of fused-ring (bicyclic) bond motifs is 5. The van der Waals surface area contributed by atoms with Crippen molar-refractivity contribution in [1.82, 2.24) is 24.7 Å². The van der Waals surface area contributed by atoms with E-state index in [-0.39, 0.29) is 42.0 Å². The van der Waals surface area contributed by atoms with E-state index in [9.17, 15) is 22.4 Å². The topological polar surface area (TPSA) is 157 Å². The van der Waals surface area contributed by atoms with Crippen LogP contribution < -0.4 is 24.4 Å². The van der Waals surface area contributed by atoms with Gasteiger partial charge >= 0.3 is 0 Å². The molecule has 2 aromatic heterocycles. The summed E-state index contributed by atoms with van der Waals surface area (Å²) in [6.07, 6.45) is 2.36. The first-order chi connectivity index (χ1) is 25.0. The van der Waals surface area contributed by atoms with Crippen molar-refractivity contribution in [2.45, 2.75) is 44.0 Å². The van der Waals surface area contributed by atoms with E-state index in [1.54, 1.807) is 38.2 Å². The van der Waals surface area contributed by atoms with Crippen LogP contribution in [-0.4, -0.2) is 100 Å². The Labute approximate surface area is 301 Å². The fraction of sp³-hybridized carbons (Fsp3) is 0.444. The predicted molar refractivity (Wildman–Crippen MR) is 190 cm³/mol. The Bertz CT molecular complexity index is 2040. The number of aromatic nitrogens is 2. The predicted octanol–water partition coefficient (Wildman–Crippen LogP) is 4.16. The Morgan fingerprint density at radius 1 is 0.962 bits per heavy atom. The van der Waals surface area contributed by atoms with Crippen molar-refractivity contribution in [2.75, 3.05) is 65.5 Å². The summed E-state index contributed by atoms with van der Waals surface area (Å²) in [6.45, 7) is 3.26. The van der Waals surface area contributed by atoms with E-state index in [1.807, 2.05) is 6.07 Å². The van der Waals surface area contributed by atoms with Crippen molar-refractivity contribution in [3.63, 3.8) is 0 Å². The van der Waals surface area contributed by atoms with Gasteiger partial charge in [0.1, 0.15) is 17.4 Å². The molecule has 278 valence electrons. The zero-order valence-corrected chi connectivity index (χ0v) is 30.5. The van der Waals surface area contributed by atoms with E-state index >= 15 is 0 Å². The molecule has 2 amide bonds. The fourth-order valence-electron chi connectivity index (χ4n) is 6.83. The zero-order chi connectivity index (χ0) is 37.0. The number of hydrogen-bond acceptors (Lipinski definition) is 11. The van der Waals surface area contributed by atoms with Crippen LogP contribution in [0.4, 0.5) is 10.2 Å². The lowest BCUT2D eigenvalue weighted by molar-refractivity contribution is -0.121. The Morgan fingerprint density at radius 2 is 1.71 bits per heavy atom. The minimum atomic E-state index is -4.14. The third-order valence-electron chi connectivity index (χ3n) is 9.44. The maximum Gasteiger partial charge on any atom is 0.276 e. The molecule has 16 heteroatoms. The lowest BCUT2D eigenvalue weighted by Gasteiger charge is -2.36. The third kappa shape index (κ3) is 7.77. The average molecular weight is 739 g/mol. The van der Waals surface area contributed by atoms with Gasteiger partial charge in [-0.25, -0.2) is 17.8 Å². The smallest absolute Gasteiger partial charge is 0.276 e. The highest BCUT2D eigenvalue weighted by Crippen LogP contribution is 2.44. The molecule has 0 spiro atoms. The molecule has 52 heavy (non-hydrogen) atoms. The number of pyridine rings is 1. The van der Waals surface area contributed by atoms with E-state index in [2.05, 4.69) is 15.4 Å². The maximum atomic E-state index is 14.0. The van der Waals surface area contributed by atoms with Crippen LogP contribution in [-0.2, 0) is 21.4 Å². The van der Waals surface area contributed by atoms with Crippen LogP contribution in [0.25, 0.3) is 10.9 Å². The number of nitrogens with one attached hydrogen (secondary N) is 1. The second kappa shape index (κ2) is 15.7. The minimum absolute atomic E-state index is 0.00293. The molecule has 2 aromatic carbocycles. The molecule has 2 bridgehead atoms. The number of ether oxygens (including phenoxy) is 3. The van der Waals surface area contributed by atoms with Crippen molar-refractivity contribution >= 4 is 38.6 Å². The first-order valence-corrected chi connectivity index (χ1v) is 18.6. The number of carbonyl (C=O) groups is 2. The Morgan fingerprint density at radius 3 is 2.40 bits per heavy atom. The molecule has 1 N–H and O–H groups in total. The number of benzene rings is 2. The van der Waals surface area contributed by atoms with Gasteiger partial charge in [-0.1, -0.05) is 5.16 Å². The molecule has 1 atom stereocenters. The van der Waals surface area contributed by atoms with E-state index in [0.29, 0.717) is 72.2 Å². The third-order valence-corrected chi connectivity index (χ3v) is 11.3. The van der Waals surface area contributed by atoms with Crippen molar-refractivity contribution < 1.29 is 41.1 Å². The van der Waals surface area contributed by atoms with Gasteiger partial charge in [-0.2, -0.15) is 4.31 Å². The average Bonchev–Trinajstić information content (AvgIpc) is 3.59. The summed E-state index contributed by atoms with van der Waals surface area (Å²) in [5.74, 6) is 1.14. The van der Waals surface area contributed by atoms with Crippen molar-refractivity contribution in [1.29, 1.82) is 0 Å². The van der Waals surface area contributed by atoms with Crippen molar-refractivity contribution in [3.8, 4) is 17.2 Å². The van der Waals surface area contributed by atoms with Crippen LogP contribution in [0.5, 0.6) is 17.2 Å². The summed E-state index contributed by atoms with van der Waals surface area (Å²) in [5, 5.41) is 7.61. The number of anilines is 1. The molecule has 1 fully saturated rings. The second-order valence-corrected chi connectivity index (χ2v) is 14.9. The van der Waals surface area contributed by atoms with Crippen LogP contribution in [0.1, 0.15) is 47.5 Å². The standard InChI is InChI=1S/C36H43FN6O8S/c1-23-16-30(40-51-23)36(45)42-13-5-6-15-43(52(46,47)27-11-9-26(37)10-12-27)22-32(44)38-19-24-8-7-14-41(20-24)35-25(21-42)17-28-29(39-35)18-31(48-2)34(50-4)33(28)49-3/h9-12,16-18,24H,5-8,13-15,19-22H2,1-4H3,(H,38,44). The molecular formula is C36H43FN6O8S. The van der Waals surface area contributed by atoms with Crippen molar-refractivity contribution in [3.05, 3.63) is 65.3 Å². The second-order valence-electron chi connectivity index (χ2n) is 13.0. The number of piperidine rings is 1. The van der Waals surface area contributed by atoms with Gasteiger partial charge in [0.15, 0.2) is 17.2 Å². The molecule has 14 nitrogen and oxygen atoms in total. The number of halogens is 1. The molecular weight excluding hydrogens is 695 g/mol. The van der Waals surface area contributed by atoms with Gasteiger partial charge in [0, 0.05) is 62.4 Å². The van der Waals surface area contributed by atoms with E-state index < -0.39 is 28.3 Å². The summed E-state index contributed by atoms with van der Waals surface area (Å²) < 4.78 is 64.5.